The van der Waals surface area contributed by atoms with Crippen molar-refractivity contribution < 1.29 is 9.90 Å². The summed E-state index contributed by atoms with van der Waals surface area (Å²) in [5, 5.41) is 8.54. The molecule has 0 aliphatic rings. The quantitative estimate of drug-likeness (QED) is 0.794. The molecule has 0 fully saturated rings. The van der Waals surface area contributed by atoms with Crippen LogP contribution in [0.3, 0.4) is 0 Å². The first-order valence-corrected chi connectivity index (χ1v) is 4.59. The number of aliphatic carboxylic acids is 1. The van der Waals surface area contributed by atoms with E-state index in [2.05, 4.69) is 0 Å². The fourth-order valence-electron chi connectivity index (χ4n) is 1.26. The van der Waals surface area contributed by atoms with Crippen LogP contribution in [0.1, 0.15) is 12.0 Å². The van der Waals surface area contributed by atoms with Gasteiger partial charge in [0, 0.05) is 19.3 Å². The molecule has 0 radical (unpaired) electrons. The fraction of sp³-hybridized carbons (Fsp3) is 0.364. The molecule has 1 N–H and O–H groups in total. The van der Waals surface area contributed by atoms with Gasteiger partial charge in [-0.1, -0.05) is 12.1 Å². The number of nitrogens with zero attached hydrogens (tertiary/aromatic N) is 1. The molecule has 0 spiro atoms. The highest BCUT2D eigenvalue weighted by atomic mass is 16.4. The van der Waals surface area contributed by atoms with Gasteiger partial charge in [0.25, 0.3) is 0 Å². The van der Waals surface area contributed by atoms with E-state index >= 15 is 0 Å². The predicted octanol–water partition coefficient (Wildman–Crippen LogP) is 1.91. The van der Waals surface area contributed by atoms with Crippen molar-refractivity contribution in [3.8, 4) is 0 Å². The predicted molar refractivity (Wildman–Crippen MR) is 56.7 cm³/mol. The Bertz CT molecular complexity index is 323. The zero-order valence-electron chi connectivity index (χ0n) is 8.53. The summed E-state index contributed by atoms with van der Waals surface area (Å²) in [4.78, 5) is 12.3. The molecule has 14 heavy (non-hydrogen) atoms. The Labute approximate surface area is 84.0 Å². The molecule has 1 rings (SSSR count). The summed E-state index contributed by atoms with van der Waals surface area (Å²) in [6.07, 6.45) is 0.171. The SMILES string of the molecule is Cc1cccc(N(C)CCC(=O)O)c1. The molecule has 1 aromatic rings. The van der Waals surface area contributed by atoms with Gasteiger partial charge >= 0.3 is 5.97 Å². The molecule has 0 unspecified atom stereocenters. The number of hydrogen-bond donors (Lipinski definition) is 1. The van der Waals surface area contributed by atoms with Crippen LogP contribution in [0.4, 0.5) is 5.69 Å². The minimum Gasteiger partial charge on any atom is -0.481 e. The van der Waals surface area contributed by atoms with E-state index in [0.29, 0.717) is 6.54 Å². The minimum absolute atomic E-state index is 0.171. The van der Waals surface area contributed by atoms with E-state index in [1.165, 1.54) is 5.56 Å². The van der Waals surface area contributed by atoms with Crippen LogP contribution < -0.4 is 4.90 Å². The summed E-state index contributed by atoms with van der Waals surface area (Å²) in [7, 11) is 1.90. The Hall–Kier alpha value is -1.51. The van der Waals surface area contributed by atoms with Gasteiger partial charge in [-0.25, -0.2) is 0 Å². The van der Waals surface area contributed by atoms with Crippen LogP contribution in [0.2, 0.25) is 0 Å². The van der Waals surface area contributed by atoms with E-state index in [1.807, 2.05) is 43.1 Å². The number of carbonyl (C=O) groups is 1. The number of benzene rings is 1. The van der Waals surface area contributed by atoms with Crippen molar-refractivity contribution in [1.82, 2.24) is 0 Å². The number of carboxylic acid groups (broad SMARTS) is 1. The van der Waals surface area contributed by atoms with Crippen molar-refractivity contribution in [3.05, 3.63) is 29.8 Å². The molecule has 3 nitrogen and oxygen atoms in total. The lowest BCUT2D eigenvalue weighted by molar-refractivity contribution is -0.136. The largest absolute Gasteiger partial charge is 0.481 e. The van der Waals surface area contributed by atoms with E-state index in [9.17, 15) is 4.79 Å². The Morgan fingerprint density at radius 1 is 1.50 bits per heavy atom. The maximum absolute atomic E-state index is 10.4. The monoisotopic (exact) mass is 193 g/mol. The van der Waals surface area contributed by atoms with Gasteiger partial charge in [-0.15, -0.1) is 0 Å². The molecule has 0 saturated carbocycles. The summed E-state index contributed by atoms with van der Waals surface area (Å²) in [6, 6.07) is 8.02. The standard InChI is InChI=1S/C11H15NO2/c1-9-4-3-5-10(8-9)12(2)7-6-11(13)14/h3-5,8H,6-7H2,1-2H3,(H,13,14). The smallest absolute Gasteiger partial charge is 0.305 e. The maximum Gasteiger partial charge on any atom is 0.305 e. The molecule has 3 heteroatoms. The van der Waals surface area contributed by atoms with Gasteiger partial charge in [0.15, 0.2) is 0 Å². The second-order valence-corrected chi connectivity index (χ2v) is 3.40. The second-order valence-electron chi connectivity index (χ2n) is 3.40. The maximum atomic E-state index is 10.4. The van der Waals surface area contributed by atoms with Crippen LogP contribution in [0.25, 0.3) is 0 Å². The number of hydrogen-bond acceptors (Lipinski definition) is 2. The number of rotatable bonds is 4. The zero-order chi connectivity index (χ0) is 10.6. The van der Waals surface area contributed by atoms with Gasteiger partial charge in [0.2, 0.25) is 0 Å². The van der Waals surface area contributed by atoms with Crippen molar-refractivity contribution in [2.45, 2.75) is 13.3 Å². The lowest BCUT2D eigenvalue weighted by Crippen LogP contribution is -2.20. The summed E-state index contributed by atoms with van der Waals surface area (Å²) in [5.74, 6) is -0.760. The Balaban J connectivity index is 2.60. The van der Waals surface area contributed by atoms with Crippen LogP contribution in [0, 0.1) is 6.92 Å². The molecule has 0 bridgehead atoms. The second kappa shape index (κ2) is 4.65. The van der Waals surface area contributed by atoms with Crippen molar-refractivity contribution in [2.24, 2.45) is 0 Å². The van der Waals surface area contributed by atoms with E-state index in [-0.39, 0.29) is 6.42 Å². The van der Waals surface area contributed by atoms with Gasteiger partial charge in [-0.2, -0.15) is 0 Å². The van der Waals surface area contributed by atoms with Crippen molar-refractivity contribution in [2.75, 3.05) is 18.5 Å². The van der Waals surface area contributed by atoms with E-state index in [4.69, 9.17) is 5.11 Å². The first-order chi connectivity index (χ1) is 6.59. The third-order valence-corrected chi connectivity index (χ3v) is 2.10. The average Bonchev–Trinajstić information content (AvgIpc) is 2.14. The molecule has 0 saturated heterocycles. The molecule has 0 aromatic heterocycles. The molecule has 0 atom stereocenters. The lowest BCUT2D eigenvalue weighted by Gasteiger charge is -2.18. The normalized spacial score (nSPS) is 9.86. The third kappa shape index (κ3) is 3.09. The topological polar surface area (TPSA) is 40.5 Å². The summed E-state index contributed by atoms with van der Waals surface area (Å²) in [5.41, 5.74) is 2.25. The van der Waals surface area contributed by atoms with Crippen LogP contribution in [-0.4, -0.2) is 24.7 Å². The molecule has 0 heterocycles. The van der Waals surface area contributed by atoms with Gasteiger partial charge in [-0.05, 0) is 24.6 Å². The van der Waals surface area contributed by atoms with Gasteiger partial charge in [-0.3, -0.25) is 4.79 Å². The first-order valence-electron chi connectivity index (χ1n) is 4.59. The van der Waals surface area contributed by atoms with Crippen molar-refractivity contribution in [1.29, 1.82) is 0 Å². The van der Waals surface area contributed by atoms with Gasteiger partial charge in [0.05, 0.1) is 6.42 Å². The van der Waals surface area contributed by atoms with Crippen molar-refractivity contribution >= 4 is 11.7 Å². The molecule has 1 aromatic carbocycles. The molecule has 0 aliphatic heterocycles. The van der Waals surface area contributed by atoms with Crippen LogP contribution in [0.5, 0.6) is 0 Å². The van der Waals surface area contributed by atoms with Crippen molar-refractivity contribution in [3.63, 3.8) is 0 Å². The van der Waals surface area contributed by atoms with E-state index in [1.54, 1.807) is 0 Å². The molecule has 76 valence electrons. The fourth-order valence-corrected chi connectivity index (χ4v) is 1.26. The average molecular weight is 193 g/mol. The van der Waals surface area contributed by atoms with Crippen LogP contribution in [-0.2, 0) is 4.79 Å². The van der Waals surface area contributed by atoms with Crippen LogP contribution in [0.15, 0.2) is 24.3 Å². The van der Waals surface area contributed by atoms with Gasteiger partial charge < -0.3 is 10.0 Å². The number of carboxylic acids is 1. The Kier molecular flexibility index (Phi) is 3.51. The van der Waals surface area contributed by atoms with Gasteiger partial charge in [0.1, 0.15) is 0 Å². The molecule has 0 aliphatic carbocycles. The summed E-state index contributed by atoms with van der Waals surface area (Å²) < 4.78 is 0. The van der Waals surface area contributed by atoms with E-state index < -0.39 is 5.97 Å². The highest BCUT2D eigenvalue weighted by Gasteiger charge is 2.03. The summed E-state index contributed by atoms with van der Waals surface area (Å²) >= 11 is 0. The third-order valence-electron chi connectivity index (χ3n) is 2.10. The summed E-state index contributed by atoms with van der Waals surface area (Å²) in [6.45, 7) is 2.56. The Morgan fingerprint density at radius 3 is 2.79 bits per heavy atom. The first kappa shape index (κ1) is 10.6. The number of aryl methyl sites for hydroxylation is 1. The molecular formula is C11H15NO2. The lowest BCUT2D eigenvalue weighted by atomic mass is 10.2. The van der Waals surface area contributed by atoms with E-state index in [0.717, 1.165) is 5.69 Å². The zero-order valence-corrected chi connectivity index (χ0v) is 8.53. The minimum atomic E-state index is -0.760. The van der Waals surface area contributed by atoms with Crippen LogP contribution >= 0.6 is 0 Å². The number of anilines is 1. The molecular weight excluding hydrogens is 178 g/mol. The molecule has 0 amide bonds. The highest BCUT2D eigenvalue weighted by molar-refractivity contribution is 5.67. The Morgan fingerprint density at radius 2 is 2.21 bits per heavy atom. The highest BCUT2D eigenvalue weighted by Crippen LogP contribution is 2.14.